The maximum Gasteiger partial charge on any atom is 0.467 e. The van der Waals surface area contributed by atoms with Crippen LogP contribution in [-0.2, 0) is 4.57 Å². The van der Waals surface area contributed by atoms with Gasteiger partial charge in [0, 0.05) is 6.20 Å². The molecule has 0 aromatic carbocycles. The second-order valence-electron chi connectivity index (χ2n) is 1.13. The fourth-order valence-corrected chi connectivity index (χ4v) is 0.499. The van der Waals surface area contributed by atoms with Gasteiger partial charge in [-0.3, -0.25) is 5.09 Å². The molecule has 0 saturated heterocycles. The molecule has 0 rings (SSSR count). The Morgan fingerprint density at radius 1 is 1.88 bits per heavy atom. The van der Waals surface area contributed by atoms with Crippen LogP contribution in [0.15, 0.2) is 12.3 Å². The fraction of sp³-hybridized carbons (Fsp3) is 0.333. The van der Waals surface area contributed by atoms with E-state index in [9.17, 15) is 8.76 Å². The van der Waals surface area contributed by atoms with Crippen LogP contribution in [0.25, 0.3) is 0 Å². The number of halogens is 1. The number of allylic oxidation sites excluding steroid dienone is 1. The van der Waals surface area contributed by atoms with Gasteiger partial charge in [-0.25, -0.2) is 4.57 Å². The van der Waals surface area contributed by atoms with Crippen LogP contribution >= 0.6 is 7.83 Å². The first kappa shape index (κ1) is 7.66. The van der Waals surface area contributed by atoms with E-state index in [1.807, 2.05) is 0 Å². The molecule has 5 heteroatoms. The summed E-state index contributed by atoms with van der Waals surface area (Å²) in [6, 6.07) is 0. The van der Waals surface area contributed by atoms with E-state index < -0.39 is 7.83 Å². The van der Waals surface area contributed by atoms with Gasteiger partial charge in [-0.15, -0.1) is 4.20 Å². The van der Waals surface area contributed by atoms with Crippen molar-refractivity contribution in [3.63, 3.8) is 0 Å². The molecule has 0 heterocycles. The molecule has 0 saturated carbocycles. The molecule has 0 fully saturated rings. The normalized spacial score (nSPS) is 18.4. The highest BCUT2D eigenvalue weighted by atomic mass is 31.2. The predicted molar refractivity (Wildman–Crippen MR) is 28.9 cm³/mol. The Morgan fingerprint density at radius 2 is 2.38 bits per heavy atom. The van der Waals surface area contributed by atoms with Gasteiger partial charge < -0.3 is 4.89 Å². The van der Waals surface area contributed by atoms with Crippen molar-refractivity contribution in [3.8, 4) is 0 Å². The second kappa shape index (κ2) is 2.84. The summed E-state index contributed by atoms with van der Waals surface area (Å²) in [5.74, 6) is 0. The predicted octanol–water partition coefficient (Wildman–Crippen LogP) is 1.18. The SMILES string of the molecule is C/C=C\NP(=O)(O)F. The van der Waals surface area contributed by atoms with E-state index in [1.165, 1.54) is 6.08 Å². The van der Waals surface area contributed by atoms with Gasteiger partial charge in [0.2, 0.25) is 0 Å². The third-order valence-electron chi connectivity index (χ3n) is 0.400. The van der Waals surface area contributed by atoms with E-state index in [2.05, 4.69) is 0 Å². The maximum absolute atomic E-state index is 11.5. The van der Waals surface area contributed by atoms with Crippen LogP contribution in [0.5, 0.6) is 0 Å². The molecule has 0 aliphatic heterocycles. The standard InChI is InChI=1S/C3H7FNO2P/c1-2-3-5-8(4,6)7/h2-3H,1H3,(H2,5,6,7)/b3-2-. The van der Waals surface area contributed by atoms with Crippen LogP contribution in [0.4, 0.5) is 4.20 Å². The average molecular weight is 139 g/mol. The highest BCUT2D eigenvalue weighted by Crippen LogP contribution is 2.36. The number of hydrogen-bond donors (Lipinski definition) is 2. The zero-order chi connectivity index (χ0) is 6.62. The zero-order valence-corrected chi connectivity index (χ0v) is 5.23. The van der Waals surface area contributed by atoms with Crippen molar-refractivity contribution >= 4 is 7.83 Å². The molecule has 48 valence electrons. The third-order valence-corrected chi connectivity index (χ3v) is 0.868. The van der Waals surface area contributed by atoms with E-state index in [1.54, 1.807) is 12.0 Å². The van der Waals surface area contributed by atoms with E-state index in [-0.39, 0.29) is 0 Å². The number of nitrogens with one attached hydrogen (secondary N) is 1. The molecular weight excluding hydrogens is 132 g/mol. The van der Waals surface area contributed by atoms with Crippen molar-refractivity contribution in [2.75, 3.05) is 0 Å². The van der Waals surface area contributed by atoms with Gasteiger partial charge >= 0.3 is 7.83 Å². The van der Waals surface area contributed by atoms with Gasteiger partial charge in [-0.05, 0) is 6.92 Å². The largest absolute Gasteiger partial charge is 0.467 e. The van der Waals surface area contributed by atoms with Crippen LogP contribution in [0.2, 0.25) is 0 Å². The van der Waals surface area contributed by atoms with Crippen LogP contribution in [0.1, 0.15) is 6.92 Å². The molecule has 0 bridgehead atoms. The fourth-order valence-electron chi connectivity index (χ4n) is 0.166. The molecule has 0 aromatic rings. The molecule has 0 aliphatic rings. The van der Waals surface area contributed by atoms with Gasteiger partial charge in [0.25, 0.3) is 0 Å². The van der Waals surface area contributed by atoms with Crippen molar-refractivity contribution in [1.29, 1.82) is 0 Å². The Kier molecular flexibility index (Phi) is 2.72. The lowest BCUT2D eigenvalue weighted by atomic mass is 10.7. The zero-order valence-electron chi connectivity index (χ0n) is 4.34. The van der Waals surface area contributed by atoms with Gasteiger partial charge in [0.15, 0.2) is 0 Å². The minimum atomic E-state index is -4.52. The minimum Gasteiger partial charge on any atom is -0.305 e. The van der Waals surface area contributed by atoms with Crippen molar-refractivity contribution in [2.45, 2.75) is 6.92 Å². The lowest BCUT2D eigenvalue weighted by molar-refractivity contribution is 0.421. The lowest BCUT2D eigenvalue weighted by Gasteiger charge is -1.95. The Bertz CT molecular complexity index is 129. The average Bonchev–Trinajstić information content (AvgIpc) is 1.59. The summed E-state index contributed by atoms with van der Waals surface area (Å²) in [5.41, 5.74) is 0. The topological polar surface area (TPSA) is 49.3 Å². The first-order valence-corrected chi connectivity index (χ1v) is 3.52. The molecule has 1 unspecified atom stereocenters. The summed E-state index contributed by atoms with van der Waals surface area (Å²) >= 11 is 0. The van der Waals surface area contributed by atoms with Crippen molar-refractivity contribution in [2.24, 2.45) is 0 Å². The van der Waals surface area contributed by atoms with Gasteiger partial charge in [-0.1, -0.05) is 6.08 Å². The summed E-state index contributed by atoms with van der Waals surface area (Å²) in [6.45, 7) is 1.60. The monoisotopic (exact) mass is 139 g/mol. The van der Waals surface area contributed by atoms with E-state index in [0.29, 0.717) is 0 Å². The molecule has 3 nitrogen and oxygen atoms in total. The number of hydrogen-bond acceptors (Lipinski definition) is 1. The van der Waals surface area contributed by atoms with Crippen LogP contribution in [-0.4, -0.2) is 4.89 Å². The highest BCUT2D eigenvalue weighted by Gasteiger charge is 2.10. The highest BCUT2D eigenvalue weighted by molar-refractivity contribution is 7.50. The van der Waals surface area contributed by atoms with Gasteiger partial charge in [0.1, 0.15) is 0 Å². The second-order valence-corrected chi connectivity index (χ2v) is 2.39. The Morgan fingerprint density at radius 3 is 2.50 bits per heavy atom. The third kappa shape index (κ3) is 5.66. The van der Waals surface area contributed by atoms with Crippen LogP contribution in [0.3, 0.4) is 0 Å². The summed E-state index contributed by atoms with van der Waals surface area (Å²) in [6.07, 6.45) is 2.49. The molecular formula is C3H7FNO2P. The summed E-state index contributed by atoms with van der Waals surface area (Å²) in [4.78, 5) is 7.88. The summed E-state index contributed by atoms with van der Waals surface area (Å²) in [7, 11) is -4.52. The van der Waals surface area contributed by atoms with Gasteiger partial charge in [-0.2, -0.15) is 0 Å². The first-order valence-electron chi connectivity index (χ1n) is 1.97. The first-order chi connectivity index (χ1) is 3.56. The molecule has 2 N–H and O–H groups in total. The smallest absolute Gasteiger partial charge is 0.305 e. The number of rotatable bonds is 2. The van der Waals surface area contributed by atoms with Gasteiger partial charge in [0.05, 0.1) is 0 Å². The lowest BCUT2D eigenvalue weighted by Crippen LogP contribution is -1.94. The van der Waals surface area contributed by atoms with Crippen LogP contribution in [0, 0.1) is 0 Å². The summed E-state index contributed by atoms with van der Waals surface area (Å²) in [5, 5.41) is 1.64. The summed E-state index contributed by atoms with van der Waals surface area (Å²) < 4.78 is 21.2. The molecule has 1 atom stereocenters. The quantitative estimate of drug-likeness (QED) is 0.564. The molecule has 0 amide bonds. The van der Waals surface area contributed by atoms with Crippen molar-refractivity contribution in [1.82, 2.24) is 5.09 Å². The van der Waals surface area contributed by atoms with Crippen molar-refractivity contribution < 1.29 is 13.7 Å². The van der Waals surface area contributed by atoms with E-state index >= 15 is 0 Å². The minimum absolute atomic E-state index is 1.07. The molecule has 0 spiro atoms. The van der Waals surface area contributed by atoms with Crippen molar-refractivity contribution in [3.05, 3.63) is 12.3 Å². The van der Waals surface area contributed by atoms with E-state index in [4.69, 9.17) is 4.89 Å². The Labute approximate surface area is 46.8 Å². The molecule has 0 radical (unpaired) electrons. The van der Waals surface area contributed by atoms with Crippen LogP contribution < -0.4 is 5.09 Å². The molecule has 8 heavy (non-hydrogen) atoms. The Hall–Kier alpha value is -0.340. The molecule has 0 aromatic heterocycles. The Balaban J connectivity index is 3.57. The molecule has 0 aliphatic carbocycles. The maximum atomic E-state index is 11.5. The van der Waals surface area contributed by atoms with E-state index in [0.717, 1.165) is 6.20 Å².